The van der Waals surface area contributed by atoms with E-state index in [9.17, 15) is 14.0 Å². The third-order valence-corrected chi connectivity index (χ3v) is 5.11. The average Bonchev–Trinajstić information content (AvgIpc) is 3.03. The van der Waals surface area contributed by atoms with E-state index in [-0.39, 0.29) is 29.1 Å². The van der Waals surface area contributed by atoms with Gasteiger partial charge in [0.15, 0.2) is 5.69 Å². The summed E-state index contributed by atoms with van der Waals surface area (Å²) in [5.74, 6) is -1.67. The standard InChI is InChI=1S/C18H20ClFN4O3/c1-11-17(21-22-24(11)13-5-7-15(20)14(19)10-13)18(27)23-9-3-2-4-12(23)6-8-16(25)26/h5,7,10,12H,2-4,6,8-9H2,1H3,(H,25,26). The van der Waals surface area contributed by atoms with Gasteiger partial charge < -0.3 is 10.0 Å². The van der Waals surface area contributed by atoms with Gasteiger partial charge in [0.2, 0.25) is 0 Å². The molecule has 0 bridgehead atoms. The van der Waals surface area contributed by atoms with Gasteiger partial charge in [-0.05, 0) is 50.8 Å². The number of likely N-dealkylation sites (tertiary alicyclic amines) is 1. The van der Waals surface area contributed by atoms with Crippen LogP contribution in [0.25, 0.3) is 5.69 Å². The molecule has 1 aromatic carbocycles. The molecule has 0 aliphatic carbocycles. The molecule has 1 saturated heterocycles. The molecule has 144 valence electrons. The molecule has 1 atom stereocenters. The number of carbonyl (C=O) groups excluding carboxylic acids is 1. The Morgan fingerprint density at radius 2 is 2.15 bits per heavy atom. The first-order chi connectivity index (χ1) is 12.9. The average molecular weight is 395 g/mol. The summed E-state index contributed by atoms with van der Waals surface area (Å²) in [7, 11) is 0. The Labute approximate surface area is 160 Å². The highest BCUT2D eigenvalue weighted by molar-refractivity contribution is 6.30. The van der Waals surface area contributed by atoms with Crippen LogP contribution in [0.5, 0.6) is 0 Å². The molecular formula is C18H20ClFN4O3. The van der Waals surface area contributed by atoms with Crippen molar-refractivity contribution in [2.75, 3.05) is 6.54 Å². The molecule has 2 heterocycles. The van der Waals surface area contributed by atoms with Crippen LogP contribution in [0.3, 0.4) is 0 Å². The second-order valence-electron chi connectivity index (χ2n) is 6.61. The minimum absolute atomic E-state index is 0.0220. The van der Waals surface area contributed by atoms with Crippen molar-refractivity contribution in [3.05, 3.63) is 40.4 Å². The number of aromatic nitrogens is 3. The molecule has 1 aliphatic rings. The second kappa shape index (κ2) is 8.04. The van der Waals surface area contributed by atoms with Crippen molar-refractivity contribution < 1.29 is 19.1 Å². The van der Waals surface area contributed by atoms with Gasteiger partial charge in [-0.2, -0.15) is 0 Å². The Morgan fingerprint density at radius 1 is 1.37 bits per heavy atom. The number of carboxylic acid groups (broad SMARTS) is 1. The number of halogens is 2. The number of benzene rings is 1. The minimum Gasteiger partial charge on any atom is -0.481 e. The van der Waals surface area contributed by atoms with Crippen LogP contribution < -0.4 is 0 Å². The zero-order chi connectivity index (χ0) is 19.6. The lowest BCUT2D eigenvalue weighted by molar-refractivity contribution is -0.137. The number of rotatable bonds is 5. The number of piperidine rings is 1. The van der Waals surface area contributed by atoms with E-state index < -0.39 is 11.8 Å². The zero-order valence-corrected chi connectivity index (χ0v) is 15.6. The molecule has 1 aromatic heterocycles. The molecule has 0 radical (unpaired) electrons. The van der Waals surface area contributed by atoms with Crippen LogP contribution in [-0.4, -0.2) is 49.5 Å². The van der Waals surface area contributed by atoms with Crippen LogP contribution in [0.15, 0.2) is 18.2 Å². The maximum absolute atomic E-state index is 13.4. The highest BCUT2D eigenvalue weighted by Gasteiger charge is 2.31. The van der Waals surface area contributed by atoms with Gasteiger partial charge in [-0.3, -0.25) is 9.59 Å². The lowest BCUT2D eigenvalue weighted by Gasteiger charge is -2.35. The van der Waals surface area contributed by atoms with E-state index in [1.165, 1.54) is 22.9 Å². The van der Waals surface area contributed by atoms with Gasteiger partial charge in [-0.1, -0.05) is 16.8 Å². The van der Waals surface area contributed by atoms with Crippen LogP contribution in [0.2, 0.25) is 5.02 Å². The Bertz CT molecular complexity index is 870. The topological polar surface area (TPSA) is 88.3 Å². The second-order valence-corrected chi connectivity index (χ2v) is 7.02. The predicted octanol–water partition coefficient (Wildman–Crippen LogP) is 3.23. The van der Waals surface area contributed by atoms with Crippen molar-refractivity contribution in [2.45, 2.75) is 45.1 Å². The fourth-order valence-electron chi connectivity index (χ4n) is 3.38. The lowest BCUT2D eigenvalue weighted by Crippen LogP contribution is -2.44. The molecule has 7 nitrogen and oxygen atoms in total. The van der Waals surface area contributed by atoms with Gasteiger partial charge in [0, 0.05) is 19.0 Å². The van der Waals surface area contributed by atoms with Crippen LogP contribution in [-0.2, 0) is 4.79 Å². The Balaban J connectivity index is 1.85. The van der Waals surface area contributed by atoms with Gasteiger partial charge in [0.05, 0.1) is 16.4 Å². The molecule has 3 rings (SSSR count). The summed E-state index contributed by atoms with van der Waals surface area (Å²) in [5, 5.41) is 16.9. The first-order valence-corrected chi connectivity index (χ1v) is 9.16. The van der Waals surface area contributed by atoms with Gasteiger partial charge in [-0.25, -0.2) is 9.07 Å². The summed E-state index contributed by atoms with van der Waals surface area (Å²) < 4.78 is 14.8. The maximum atomic E-state index is 13.4. The van der Waals surface area contributed by atoms with Gasteiger partial charge >= 0.3 is 5.97 Å². The summed E-state index contributed by atoms with van der Waals surface area (Å²) >= 11 is 5.83. The van der Waals surface area contributed by atoms with E-state index in [1.54, 1.807) is 11.8 Å². The van der Waals surface area contributed by atoms with Crippen molar-refractivity contribution in [3.8, 4) is 5.69 Å². The molecule has 1 amide bonds. The molecule has 1 fully saturated rings. The quantitative estimate of drug-likeness (QED) is 0.841. The number of hydrogen-bond donors (Lipinski definition) is 1. The molecular weight excluding hydrogens is 375 g/mol. The fraction of sp³-hybridized carbons (Fsp3) is 0.444. The normalized spacial score (nSPS) is 17.1. The van der Waals surface area contributed by atoms with Crippen molar-refractivity contribution in [2.24, 2.45) is 0 Å². The lowest BCUT2D eigenvalue weighted by atomic mass is 9.97. The summed E-state index contributed by atoms with van der Waals surface area (Å²) in [4.78, 5) is 25.6. The van der Waals surface area contributed by atoms with Crippen LogP contribution in [0, 0.1) is 12.7 Å². The number of carboxylic acids is 1. The molecule has 0 saturated carbocycles. The molecule has 2 aromatic rings. The maximum Gasteiger partial charge on any atom is 0.303 e. The Kier molecular flexibility index (Phi) is 5.74. The van der Waals surface area contributed by atoms with Gasteiger partial charge in [-0.15, -0.1) is 5.10 Å². The molecule has 0 spiro atoms. The minimum atomic E-state index is -0.872. The summed E-state index contributed by atoms with van der Waals surface area (Å²) in [6.45, 7) is 2.28. The van der Waals surface area contributed by atoms with Crippen molar-refractivity contribution >= 4 is 23.5 Å². The molecule has 9 heteroatoms. The van der Waals surface area contributed by atoms with Crippen molar-refractivity contribution in [3.63, 3.8) is 0 Å². The highest BCUT2D eigenvalue weighted by atomic mass is 35.5. The van der Waals surface area contributed by atoms with E-state index >= 15 is 0 Å². The van der Waals surface area contributed by atoms with E-state index in [4.69, 9.17) is 16.7 Å². The van der Waals surface area contributed by atoms with Gasteiger partial charge in [0.25, 0.3) is 5.91 Å². The van der Waals surface area contributed by atoms with Crippen molar-refractivity contribution in [1.82, 2.24) is 19.9 Å². The Hall–Kier alpha value is -2.48. The first kappa shape index (κ1) is 19.3. The molecule has 27 heavy (non-hydrogen) atoms. The third-order valence-electron chi connectivity index (χ3n) is 4.82. The smallest absolute Gasteiger partial charge is 0.303 e. The summed E-state index contributed by atoms with van der Waals surface area (Å²) in [6.07, 6.45) is 3.06. The van der Waals surface area contributed by atoms with E-state index in [0.29, 0.717) is 24.3 Å². The molecule has 1 N–H and O–H groups in total. The zero-order valence-electron chi connectivity index (χ0n) is 14.9. The molecule has 1 aliphatic heterocycles. The number of aliphatic carboxylic acids is 1. The predicted molar refractivity (Wildman–Crippen MR) is 96.6 cm³/mol. The van der Waals surface area contributed by atoms with E-state index in [1.807, 2.05) is 0 Å². The van der Waals surface area contributed by atoms with Crippen molar-refractivity contribution in [1.29, 1.82) is 0 Å². The Morgan fingerprint density at radius 3 is 2.85 bits per heavy atom. The molecule has 1 unspecified atom stereocenters. The van der Waals surface area contributed by atoms with E-state index in [0.717, 1.165) is 19.3 Å². The highest BCUT2D eigenvalue weighted by Crippen LogP contribution is 2.25. The number of hydrogen-bond acceptors (Lipinski definition) is 4. The summed E-state index contributed by atoms with van der Waals surface area (Å²) in [5.41, 5.74) is 1.23. The van der Waals surface area contributed by atoms with Crippen LogP contribution in [0.4, 0.5) is 4.39 Å². The first-order valence-electron chi connectivity index (χ1n) is 8.79. The third kappa shape index (κ3) is 4.10. The number of nitrogens with zero attached hydrogens (tertiary/aromatic N) is 4. The largest absolute Gasteiger partial charge is 0.481 e. The van der Waals surface area contributed by atoms with E-state index in [2.05, 4.69) is 10.3 Å². The van der Waals surface area contributed by atoms with Crippen LogP contribution >= 0.6 is 11.6 Å². The monoisotopic (exact) mass is 394 g/mol. The SMILES string of the molecule is Cc1c(C(=O)N2CCCCC2CCC(=O)O)nnn1-c1ccc(F)c(Cl)c1. The number of carbonyl (C=O) groups is 2. The summed E-state index contributed by atoms with van der Waals surface area (Å²) in [6, 6.07) is 4.04. The number of amides is 1. The van der Waals surface area contributed by atoms with Crippen LogP contribution in [0.1, 0.15) is 48.3 Å². The van der Waals surface area contributed by atoms with Gasteiger partial charge in [0.1, 0.15) is 5.82 Å². The fourth-order valence-corrected chi connectivity index (χ4v) is 3.56.